The number of hydrogen-bond donors (Lipinski definition) is 5. The molecule has 0 bridgehead atoms. The molecular formula is C29H68O9Si4. The molecule has 0 aromatic rings. The predicted molar refractivity (Wildman–Crippen MR) is 181 cm³/mol. The second-order valence-corrected chi connectivity index (χ2v) is 37.0. The van der Waals surface area contributed by atoms with Crippen molar-refractivity contribution in [3.63, 3.8) is 0 Å². The summed E-state index contributed by atoms with van der Waals surface area (Å²) in [6, 6.07) is 0. The van der Waals surface area contributed by atoms with Crippen LogP contribution in [0.15, 0.2) is 0 Å². The van der Waals surface area contributed by atoms with E-state index in [-0.39, 0.29) is 0 Å². The molecule has 4 atom stereocenters. The van der Waals surface area contributed by atoms with Crippen molar-refractivity contribution >= 4 is 33.3 Å². The maximum absolute atomic E-state index is 12.9. The molecule has 0 radical (unpaired) electrons. The van der Waals surface area contributed by atoms with E-state index in [0.29, 0.717) is 0 Å². The summed E-state index contributed by atoms with van der Waals surface area (Å²) in [4.78, 5) is 0. The van der Waals surface area contributed by atoms with Gasteiger partial charge in [0, 0.05) is 0 Å². The third kappa shape index (κ3) is 8.45. The molecule has 0 fully saturated rings. The Hall–Kier alpha value is 0.508. The van der Waals surface area contributed by atoms with E-state index in [1.165, 1.54) is 0 Å². The molecule has 0 heterocycles. The van der Waals surface area contributed by atoms with Gasteiger partial charge in [-0.1, -0.05) is 83.1 Å². The van der Waals surface area contributed by atoms with E-state index in [1.54, 1.807) is 0 Å². The first-order valence-corrected chi connectivity index (χ1v) is 26.7. The zero-order valence-corrected chi connectivity index (χ0v) is 34.7. The Labute approximate surface area is 261 Å². The third-order valence-electron chi connectivity index (χ3n) is 10.4. The van der Waals surface area contributed by atoms with Crippen molar-refractivity contribution in [2.75, 3.05) is 6.61 Å². The largest absolute Gasteiger partial charge is 0.391 e. The molecule has 0 amide bonds. The predicted octanol–water partition coefficient (Wildman–Crippen LogP) is 6.45. The Kier molecular flexibility index (Phi) is 12.4. The molecule has 0 aromatic carbocycles. The molecule has 13 heteroatoms. The average Bonchev–Trinajstić information content (AvgIpc) is 2.68. The monoisotopic (exact) mass is 672 g/mol. The van der Waals surface area contributed by atoms with Crippen LogP contribution in [0.4, 0.5) is 0 Å². The second kappa shape index (κ2) is 12.3. The number of rotatable bonds is 12. The maximum atomic E-state index is 12.9. The van der Waals surface area contributed by atoms with Crippen LogP contribution in [0.2, 0.25) is 72.5 Å². The van der Waals surface area contributed by atoms with E-state index < -0.39 is 83.7 Å². The lowest BCUT2D eigenvalue weighted by Crippen LogP contribution is -2.81. The van der Waals surface area contributed by atoms with Gasteiger partial charge in [-0.05, 0) is 72.5 Å². The minimum absolute atomic E-state index is 0.394. The zero-order valence-electron chi connectivity index (χ0n) is 30.7. The van der Waals surface area contributed by atoms with Gasteiger partial charge in [-0.15, -0.1) is 0 Å². The van der Waals surface area contributed by atoms with Crippen molar-refractivity contribution < 1.29 is 43.2 Å². The standard InChI is InChI=1S/C29H68O9Si4/c1-23(2,3)39(13,14)35-22(31)28(33,37-41(17,18)25(7,8)9)29(34,38-42(19,20)26(10,11)12)27(32,21-30)36-40(15,16)24(4,5)6/h22,30-34H,21H2,1-20H3/t22?,27-,28+,29+/m0/s1. The van der Waals surface area contributed by atoms with Crippen molar-refractivity contribution in [3.05, 3.63) is 0 Å². The maximum Gasteiger partial charge on any atom is 0.273 e. The molecule has 0 rings (SSSR count). The lowest BCUT2D eigenvalue weighted by Gasteiger charge is -2.59. The van der Waals surface area contributed by atoms with Crippen LogP contribution in [0, 0.1) is 0 Å². The van der Waals surface area contributed by atoms with Crippen LogP contribution in [0.3, 0.4) is 0 Å². The van der Waals surface area contributed by atoms with Crippen LogP contribution < -0.4 is 0 Å². The quantitative estimate of drug-likeness (QED) is 0.117. The van der Waals surface area contributed by atoms with Gasteiger partial charge in [-0.2, -0.15) is 0 Å². The average molecular weight is 673 g/mol. The van der Waals surface area contributed by atoms with E-state index in [0.717, 1.165) is 0 Å². The fraction of sp³-hybridized carbons (Fsp3) is 1.00. The molecule has 5 N–H and O–H groups in total. The second-order valence-electron chi connectivity index (χ2n) is 18.1. The fourth-order valence-electron chi connectivity index (χ4n) is 3.10. The molecule has 0 aliphatic rings. The Balaban J connectivity index is 8.01. The Morgan fingerprint density at radius 2 is 0.786 bits per heavy atom. The minimum Gasteiger partial charge on any atom is -0.391 e. The molecule has 254 valence electrons. The highest BCUT2D eigenvalue weighted by molar-refractivity contribution is 6.75. The van der Waals surface area contributed by atoms with Gasteiger partial charge in [0.15, 0.2) is 33.3 Å². The van der Waals surface area contributed by atoms with Gasteiger partial charge in [0.25, 0.3) is 11.6 Å². The normalized spacial score (nSPS) is 20.5. The highest BCUT2D eigenvalue weighted by Gasteiger charge is 2.74. The Morgan fingerprint density at radius 1 is 0.500 bits per heavy atom. The molecule has 0 aromatic heterocycles. The van der Waals surface area contributed by atoms with Crippen molar-refractivity contribution in [2.24, 2.45) is 0 Å². The first kappa shape index (κ1) is 42.5. The molecule has 0 aliphatic carbocycles. The third-order valence-corrected chi connectivity index (χ3v) is 28.2. The van der Waals surface area contributed by atoms with Gasteiger partial charge in [0.1, 0.15) is 6.61 Å². The Bertz CT molecular complexity index is 914. The van der Waals surface area contributed by atoms with Crippen molar-refractivity contribution in [1.29, 1.82) is 0 Å². The van der Waals surface area contributed by atoms with E-state index >= 15 is 0 Å². The summed E-state index contributed by atoms with van der Waals surface area (Å²) in [5, 5.41) is 58.9. The van der Waals surface area contributed by atoms with Crippen LogP contribution in [0.5, 0.6) is 0 Å². The van der Waals surface area contributed by atoms with Crippen LogP contribution >= 0.6 is 0 Å². The first-order valence-electron chi connectivity index (χ1n) is 15.1. The Morgan fingerprint density at radius 3 is 1.07 bits per heavy atom. The van der Waals surface area contributed by atoms with Gasteiger partial charge in [-0.3, -0.25) is 0 Å². The molecular weight excluding hydrogens is 605 g/mol. The molecule has 0 spiro atoms. The molecule has 1 unspecified atom stereocenters. The van der Waals surface area contributed by atoms with Gasteiger partial charge in [0.2, 0.25) is 12.1 Å². The van der Waals surface area contributed by atoms with Crippen LogP contribution in [0.25, 0.3) is 0 Å². The summed E-state index contributed by atoms with van der Waals surface area (Å²) in [5.74, 6) is -9.19. The lowest BCUT2D eigenvalue weighted by atomic mass is 9.96. The van der Waals surface area contributed by atoms with E-state index in [9.17, 15) is 25.5 Å². The van der Waals surface area contributed by atoms with Crippen LogP contribution in [-0.2, 0) is 17.7 Å². The van der Waals surface area contributed by atoms with Gasteiger partial charge in [0.05, 0.1) is 0 Å². The number of hydrogen-bond acceptors (Lipinski definition) is 9. The van der Waals surface area contributed by atoms with Gasteiger partial charge >= 0.3 is 0 Å². The fourth-order valence-corrected chi connectivity index (χ4v) is 8.20. The summed E-state index contributed by atoms with van der Waals surface area (Å²) < 4.78 is 25.7. The van der Waals surface area contributed by atoms with E-state index in [4.69, 9.17) is 17.7 Å². The molecule has 9 nitrogen and oxygen atoms in total. The van der Waals surface area contributed by atoms with Crippen molar-refractivity contribution in [3.8, 4) is 0 Å². The summed E-state index contributed by atoms with van der Waals surface area (Å²) in [6.45, 7) is 37.0. The summed E-state index contributed by atoms with van der Waals surface area (Å²) in [7, 11) is -12.0. The lowest BCUT2D eigenvalue weighted by molar-refractivity contribution is -0.468. The molecule has 42 heavy (non-hydrogen) atoms. The number of aliphatic hydroxyl groups excluding tert-OH is 2. The topological polar surface area (TPSA) is 138 Å². The first-order chi connectivity index (χ1) is 17.8. The SMILES string of the molecule is CC(C)(C)[Si](C)(C)OC(O)[C@@](O)(O[Si](C)(C)C(C)(C)C)[C@](O)(O[Si](C)(C)C(C)(C)C)[C@](O)(CO)O[Si](C)(C)C(C)(C)C. The highest BCUT2D eigenvalue weighted by atomic mass is 28.4. The summed E-state index contributed by atoms with van der Waals surface area (Å²) in [6.07, 6.45) is -2.18. The van der Waals surface area contributed by atoms with Gasteiger partial charge in [-0.25, -0.2) is 0 Å². The minimum atomic E-state index is -3.19. The molecule has 0 saturated carbocycles. The molecule has 0 aliphatic heterocycles. The zero-order chi connectivity index (χ0) is 34.6. The smallest absolute Gasteiger partial charge is 0.273 e. The van der Waals surface area contributed by atoms with Crippen molar-refractivity contribution in [1.82, 2.24) is 0 Å². The highest BCUT2D eigenvalue weighted by Crippen LogP contribution is 2.52. The summed E-state index contributed by atoms with van der Waals surface area (Å²) >= 11 is 0. The van der Waals surface area contributed by atoms with Crippen LogP contribution in [0.1, 0.15) is 83.1 Å². The van der Waals surface area contributed by atoms with Crippen LogP contribution in [-0.4, -0.2) is 89.1 Å². The van der Waals surface area contributed by atoms with E-state index in [1.807, 2.05) is 135 Å². The molecule has 0 saturated heterocycles. The summed E-state index contributed by atoms with van der Waals surface area (Å²) in [5.41, 5.74) is 0. The van der Waals surface area contributed by atoms with Crippen molar-refractivity contribution in [2.45, 2.75) is 179 Å². The van der Waals surface area contributed by atoms with E-state index in [2.05, 4.69) is 0 Å². The number of aliphatic hydroxyl groups is 5. The van der Waals surface area contributed by atoms with Gasteiger partial charge < -0.3 is 43.2 Å².